The van der Waals surface area contributed by atoms with Gasteiger partial charge in [-0.15, -0.1) is 0 Å². The Morgan fingerprint density at radius 3 is 2.84 bits per heavy atom. The summed E-state index contributed by atoms with van der Waals surface area (Å²) in [5.41, 5.74) is 5.12. The average Bonchev–Trinajstić information content (AvgIpc) is 3.69. The number of anilines is 1. The van der Waals surface area contributed by atoms with Crippen molar-refractivity contribution in [3.05, 3.63) is 59.1 Å². The Morgan fingerprint density at radius 2 is 2.05 bits per heavy atom. The van der Waals surface area contributed by atoms with Gasteiger partial charge in [0.1, 0.15) is 11.6 Å². The van der Waals surface area contributed by atoms with E-state index in [0.717, 1.165) is 59.5 Å². The van der Waals surface area contributed by atoms with Crippen molar-refractivity contribution in [3.8, 4) is 17.1 Å². The van der Waals surface area contributed by atoms with Crippen molar-refractivity contribution in [1.29, 1.82) is 0 Å². The van der Waals surface area contributed by atoms with Gasteiger partial charge in [0.15, 0.2) is 0 Å². The van der Waals surface area contributed by atoms with Gasteiger partial charge in [0.05, 0.1) is 42.3 Å². The number of carbonyl (C=O) groups is 1. The third-order valence-corrected chi connectivity index (χ3v) is 8.04. The quantitative estimate of drug-likeness (QED) is 0.553. The largest absolute Gasteiger partial charge is 0.481 e. The van der Waals surface area contributed by atoms with Crippen molar-refractivity contribution in [2.75, 3.05) is 25.5 Å². The van der Waals surface area contributed by atoms with E-state index in [0.29, 0.717) is 30.5 Å². The van der Waals surface area contributed by atoms with Crippen LogP contribution in [-0.4, -0.2) is 56.5 Å². The second-order valence-corrected chi connectivity index (χ2v) is 10.6. The number of carbonyl (C=O) groups excluding carboxylic acids is 1. The molecule has 0 radical (unpaired) electrons. The fourth-order valence-electron chi connectivity index (χ4n) is 5.63. The summed E-state index contributed by atoms with van der Waals surface area (Å²) < 4.78 is 19.6. The summed E-state index contributed by atoms with van der Waals surface area (Å²) in [6, 6.07) is 3.70. The maximum absolute atomic E-state index is 14.5. The van der Waals surface area contributed by atoms with Gasteiger partial charge in [0, 0.05) is 48.1 Å². The lowest BCUT2D eigenvalue weighted by Crippen LogP contribution is -2.46. The first-order valence-corrected chi connectivity index (χ1v) is 12.9. The zero-order valence-electron chi connectivity index (χ0n) is 21.4. The summed E-state index contributed by atoms with van der Waals surface area (Å²) >= 11 is 0. The number of nitrogens with one attached hydrogen (secondary N) is 1. The van der Waals surface area contributed by atoms with Crippen LogP contribution < -0.4 is 10.1 Å². The number of methoxy groups -OCH3 is 1. The van der Waals surface area contributed by atoms with Gasteiger partial charge in [0.2, 0.25) is 11.8 Å². The van der Waals surface area contributed by atoms with Crippen LogP contribution in [0, 0.1) is 12.7 Å². The van der Waals surface area contributed by atoms with Crippen molar-refractivity contribution in [2.45, 2.75) is 63.3 Å². The van der Waals surface area contributed by atoms with E-state index in [1.54, 1.807) is 6.92 Å². The maximum Gasteiger partial charge on any atom is 0.230 e. The predicted octanol–water partition coefficient (Wildman–Crippen LogP) is 4.40. The summed E-state index contributed by atoms with van der Waals surface area (Å²) in [6.45, 7) is 4.93. The number of pyridine rings is 2. The molecule has 3 aromatic heterocycles. The normalized spacial score (nSPS) is 21.5. The molecule has 5 heterocycles. The molecule has 1 amide bonds. The molecule has 37 heavy (non-hydrogen) atoms. The molecule has 1 saturated heterocycles. The summed E-state index contributed by atoms with van der Waals surface area (Å²) in [7, 11) is 1.48. The molecule has 0 aromatic carbocycles. The molecule has 0 unspecified atom stereocenters. The number of hydrogen-bond donors (Lipinski definition) is 1. The van der Waals surface area contributed by atoms with Crippen LogP contribution in [0.4, 0.5) is 10.2 Å². The monoisotopic (exact) mass is 502 g/mol. The fraction of sp³-hybridized carbons (Fsp3) is 0.464. The molecular weight excluding hydrogens is 471 g/mol. The standard InChI is InChI=1S/C28H31FN6O2/c1-16(20-11-25(37-3)31-12-22(20)29)27(36)35-9-8-28(15-35)7-6-19-10-21(17(2)32-26(19)34-28)24-14-30-13-23(33-24)18-4-5-18/h10-14,16,18H,4-9,15H2,1-3H3,(H,32,34)/t16-,28+/m1/s1. The lowest BCUT2D eigenvalue weighted by Gasteiger charge is -2.36. The van der Waals surface area contributed by atoms with E-state index in [2.05, 4.69) is 21.4 Å². The molecule has 0 bridgehead atoms. The van der Waals surface area contributed by atoms with Crippen molar-refractivity contribution < 1.29 is 13.9 Å². The molecule has 2 aliphatic heterocycles. The third-order valence-electron chi connectivity index (χ3n) is 8.04. The molecule has 2 fully saturated rings. The highest BCUT2D eigenvalue weighted by atomic mass is 19.1. The number of ether oxygens (including phenoxy) is 1. The second-order valence-electron chi connectivity index (χ2n) is 10.6. The van der Waals surface area contributed by atoms with E-state index in [9.17, 15) is 9.18 Å². The number of aromatic nitrogens is 4. The van der Waals surface area contributed by atoms with Gasteiger partial charge in [-0.2, -0.15) is 0 Å². The fourth-order valence-corrected chi connectivity index (χ4v) is 5.63. The van der Waals surface area contributed by atoms with Crippen molar-refractivity contribution in [3.63, 3.8) is 0 Å². The molecule has 1 N–H and O–H groups in total. The summed E-state index contributed by atoms with van der Waals surface area (Å²) in [5, 5.41) is 3.68. The van der Waals surface area contributed by atoms with Gasteiger partial charge < -0.3 is 15.0 Å². The zero-order valence-corrected chi connectivity index (χ0v) is 21.4. The Bertz CT molecular complexity index is 1380. The van der Waals surface area contributed by atoms with Gasteiger partial charge in [-0.1, -0.05) is 0 Å². The number of aryl methyl sites for hydroxylation is 2. The first kappa shape index (κ1) is 23.8. The Kier molecular flexibility index (Phi) is 5.81. The maximum atomic E-state index is 14.5. The summed E-state index contributed by atoms with van der Waals surface area (Å²) in [4.78, 5) is 33.3. The minimum absolute atomic E-state index is 0.0924. The SMILES string of the molecule is COc1cc([C@@H](C)C(=O)N2CC[C@@]3(CCc4cc(-c5cncc(C6CC6)n5)c(C)nc4N3)C2)c(F)cn1. The van der Waals surface area contributed by atoms with Crippen LogP contribution >= 0.6 is 0 Å². The van der Waals surface area contributed by atoms with Crippen LogP contribution in [0.15, 0.2) is 30.7 Å². The van der Waals surface area contributed by atoms with Crippen LogP contribution in [0.1, 0.15) is 67.0 Å². The van der Waals surface area contributed by atoms with E-state index >= 15 is 0 Å². The highest BCUT2D eigenvalue weighted by molar-refractivity contribution is 5.84. The highest BCUT2D eigenvalue weighted by Crippen LogP contribution is 2.41. The summed E-state index contributed by atoms with van der Waals surface area (Å²) in [5.74, 6) is 0.510. The molecular formula is C28H31FN6O2. The van der Waals surface area contributed by atoms with Crippen LogP contribution in [-0.2, 0) is 11.2 Å². The first-order valence-electron chi connectivity index (χ1n) is 12.9. The minimum atomic E-state index is -0.627. The van der Waals surface area contributed by atoms with Crippen LogP contribution in [0.2, 0.25) is 0 Å². The molecule has 9 heteroatoms. The number of fused-ring (bicyclic) bond motifs is 1. The molecule has 8 nitrogen and oxygen atoms in total. The number of likely N-dealkylation sites (tertiary alicyclic amines) is 1. The van der Waals surface area contributed by atoms with Crippen molar-refractivity contribution in [1.82, 2.24) is 24.8 Å². The Hall–Kier alpha value is -3.62. The number of hydrogen-bond acceptors (Lipinski definition) is 7. The molecule has 1 saturated carbocycles. The highest BCUT2D eigenvalue weighted by Gasteiger charge is 2.43. The van der Waals surface area contributed by atoms with Gasteiger partial charge in [-0.3, -0.25) is 9.78 Å². The third kappa shape index (κ3) is 4.40. The second kappa shape index (κ2) is 9.04. The van der Waals surface area contributed by atoms with Crippen molar-refractivity contribution in [2.24, 2.45) is 0 Å². The number of nitrogens with zero attached hydrogens (tertiary/aromatic N) is 5. The van der Waals surface area contributed by atoms with Crippen molar-refractivity contribution >= 4 is 11.7 Å². The predicted molar refractivity (Wildman–Crippen MR) is 137 cm³/mol. The van der Waals surface area contributed by atoms with Crippen LogP contribution in [0.25, 0.3) is 11.3 Å². The van der Waals surface area contributed by atoms with E-state index in [-0.39, 0.29) is 11.4 Å². The number of rotatable bonds is 5. The van der Waals surface area contributed by atoms with Gasteiger partial charge in [-0.25, -0.2) is 19.3 Å². The Labute approximate surface area is 215 Å². The molecule has 6 rings (SSSR count). The molecule has 1 spiro atoms. The molecule has 1 aliphatic carbocycles. The van der Waals surface area contributed by atoms with Crippen LogP contribution in [0.5, 0.6) is 5.88 Å². The Morgan fingerprint density at radius 1 is 1.22 bits per heavy atom. The number of amides is 1. The number of halogens is 1. The molecule has 3 aromatic rings. The van der Waals surface area contributed by atoms with E-state index in [1.165, 1.54) is 26.0 Å². The Balaban J connectivity index is 1.19. The first-order chi connectivity index (χ1) is 17.9. The van der Waals surface area contributed by atoms with E-state index in [1.807, 2.05) is 24.2 Å². The minimum Gasteiger partial charge on any atom is -0.481 e. The summed E-state index contributed by atoms with van der Waals surface area (Å²) in [6.07, 6.45) is 9.78. The van der Waals surface area contributed by atoms with Gasteiger partial charge >= 0.3 is 0 Å². The van der Waals surface area contributed by atoms with Gasteiger partial charge in [-0.05, 0) is 57.6 Å². The average molecular weight is 503 g/mol. The van der Waals surface area contributed by atoms with Crippen LogP contribution in [0.3, 0.4) is 0 Å². The lowest BCUT2D eigenvalue weighted by molar-refractivity contribution is -0.131. The van der Waals surface area contributed by atoms with Gasteiger partial charge in [0.25, 0.3) is 0 Å². The van der Waals surface area contributed by atoms with E-state index in [4.69, 9.17) is 14.7 Å². The molecule has 192 valence electrons. The lowest BCUT2D eigenvalue weighted by atomic mass is 9.86. The smallest absolute Gasteiger partial charge is 0.230 e. The molecule has 2 atom stereocenters. The van der Waals surface area contributed by atoms with E-state index < -0.39 is 11.7 Å². The zero-order chi connectivity index (χ0) is 25.7. The molecule has 3 aliphatic rings. The topological polar surface area (TPSA) is 93.1 Å².